The van der Waals surface area contributed by atoms with E-state index in [9.17, 15) is 35.4 Å². The second-order valence-electron chi connectivity index (χ2n) is 9.87. The SMILES string of the molecule is CC(/C=C(/C)[O-])=NCCN=C(C)/C=C(/C)[O-].CC[PH+](CC)c1ccccc1.CC[PH+](CC)c1ccccc1.F[P-](F)(F)(F)(F)F.[Re]. The van der Waals surface area contributed by atoms with Crippen molar-refractivity contribution in [1.29, 1.82) is 0 Å². The van der Waals surface area contributed by atoms with Gasteiger partial charge in [-0.15, -0.1) is 11.5 Å². The van der Waals surface area contributed by atoms with Crippen molar-refractivity contribution in [3.63, 3.8) is 0 Å². The second-order valence-corrected chi connectivity index (χ2v) is 18.2. The van der Waals surface area contributed by atoms with Gasteiger partial charge >= 0.3 is 33.0 Å². The summed E-state index contributed by atoms with van der Waals surface area (Å²) in [6, 6.07) is 21.8. The van der Waals surface area contributed by atoms with Crippen LogP contribution in [0, 0.1) is 0 Å². The molecule has 0 heterocycles. The number of hydrogen-bond acceptors (Lipinski definition) is 4. The minimum Gasteiger partial charge on any atom is 0 e. The molecule has 0 saturated carbocycles. The molecule has 0 aliphatic rings. The van der Waals surface area contributed by atoms with Crippen LogP contribution in [-0.4, -0.2) is 49.2 Å². The van der Waals surface area contributed by atoms with Crippen LogP contribution in [0.15, 0.2) is 94.3 Å². The van der Waals surface area contributed by atoms with Crippen molar-refractivity contribution in [2.24, 2.45) is 9.98 Å². The zero-order chi connectivity index (χ0) is 35.2. The molecule has 2 aromatic rings. The van der Waals surface area contributed by atoms with Gasteiger partial charge in [0, 0.05) is 47.7 Å². The Labute approximate surface area is 288 Å². The number of benzene rings is 2. The van der Waals surface area contributed by atoms with E-state index in [-0.39, 0.29) is 47.8 Å². The van der Waals surface area contributed by atoms with E-state index < -0.39 is 7.81 Å². The van der Waals surface area contributed by atoms with Crippen LogP contribution in [0.4, 0.5) is 25.2 Å². The zero-order valence-electron chi connectivity index (χ0n) is 28.0. The third-order valence-corrected chi connectivity index (χ3v) is 11.4. The molecular weight excluding hydrogens is 837 g/mol. The summed E-state index contributed by atoms with van der Waals surface area (Å²) < 4.78 is 59.2. The first-order chi connectivity index (χ1) is 20.6. The van der Waals surface area contributed by atoms with Gasteiger partial charge < -0.3 is 10.2 Å². The number of allylic oxidation sites excluding steroid dienone is 4. The molecule has 0 bridgehead atoms. The molecular formula is C32H50F6N2O2P3Re-. The summed E-state index contributed by atoms with van der Waals surface area (Å²) >= 11 is 0. The number of halogens is 6. The Hall–Kier alpha value is -1.61. The van der Waals surface area contributed by atoms with E-state index in [1.165, 1.54) is 50.6 Å². The number of rotatable bonds is 11. The van der Waals surface area contributed by atoms with Crippen LogP contribution in [0.1, 0.15) is 55.4 Å². The summed E-state index contributed by atoms with van der Waals surface area (Å²) in [4.78, 5) is 8.30. The maximum Gasteiger partial charge on any atom is 0 e. The van der Waals surface area contributed by atoms with Gasteiger partial charge in [0.15, 0.2) is 0 Å². The van der Waals surface area contributed by atoms with E-state index in [0.29, 0.717) is 24.5 Å². The predicted octanol–water partition coefficient (Wildman–Crippen LogP) is 8.95. The smallest absolute Gasteiger partial charge is 0 e. The topological polar surface area (TPSA) is 70.8 Å². The van der Waals surface area contributed by atoms with Crippen LogP contribution in [0.3, 0.4) is 0 Å². The largest absolute Gasteiger partial charge is 0 e. The van der Waals surface area contributed by atoms with Crippen LogP contribution in [0.2, 0.25) is 0 Å². The summed E-state index contributed by atoms with van der Waals surface area (Å²) in [5.41, 5.74) is 1.41. The van der Waals surface area contributed by atoms with E-state index in [0.717, 1.165) is 0 Å². The van der Waals surface area contributed by atoms with Gasteiger partial charge in [-0.05, 0) is 65.8 Å². The van der Waals surface area contributed by atoms with Crippen molar-refractivity contribution in [2.75, 3.05) is 37.7 Å². The number of nitrogens with zero attached hydrogens (tertiary/aromatic N) is 2. The molecule has 4 nitrogen and oxygen atoms in total. The molecule has 2 aromatic carbocycles. The van der Waals surface area contributed by atoms with Crippen LogP contribution in [-0.2, 0) is 20.4 Å². The van der Waals surface area contributed by atoms with Gasteiger partial charge in [-0.3, -0.25) is 9.98 Å². The fraction of sp³-hybridized carbons (Fsp3) is 0.438. The van der Waals surface area contributed by atoms with Crippen LogP contribution in [0.25, 0.3) is 0 Å². The Morgan fingerprint density at radius 3 is 1.02 bits per heavy atom. The normalized spacial score (nSPS) is 13.9. The first-order valence-corrected chi connectivity index (χ1v) is 20.6. The molecule has 2 rings (SSSR count). The van der Waals surface area contributed by atoms with Crippen molar-refractivity contribution in [3.05, 3.63) is 84.3 Å². The molecule has 0 spiro atoms. The van der Waals surface area contributed by atoms with Gasteiger partial charge in [-0.1, -0.05) is 62.4 Å². The monoisotopic (exact) mass is 888 g/mol. The maximum atomic E-state index is 10.7. The van der Waals surface area contributed by atoms with Crippen LogP contribution < -0.4 is 20.8 Å². The summed E-state index contributed by atoms with van der Waals surface area (Å²) in [7, 11) is -11.1. The molecule has 14 heteroatoms. The average molecular weight is 888 g/mol. The molecule has 46 heavy (non-hydrogen) atoms. The first-order valence-electron chi connectivity index (χ1n) is 14.7. The molecule has 0 aliphatic heterocycles. The Bertz CT molecular complexity index is 1100. The van der Waals surface area contributed by atoms with E-state index in [2.05, 4.69) is 98.3 Å². The van der Waals surface area contributed by atoms with Gasteiger partial charge in [-0.2, -0.15) is 0 Å². The Balaban J connectivity index is -0.000000551. The molecule has 0 amide bonds. The Morgan fingerprint density at radius 1 is 0.587 bits per heavy atom. The molecule has 0 N–H and O–H groups in total. The fourth-order valence-electron chi connectivity index (χ4n) is 3.80. The van der Waals surface area contributed by atoms with Crippen molar-refractivity contribution < 1.29 is 55.8 Å². The van der Waals surface area contributed by atoms with E-state index in [4.69, 9.17) is 0 Å². The van der Waals surface area contributed by atoms with Crippen LogP contribution >= 0.6 is 23.7 Å². The molecule has 1 radical (unpaired) electrons. The van der Waals surface area contributed by atoms with Crippen molar-refractivity contribution in [2.45, 2.75) is 55.4 Å². The van der Waals surface area contributed by atoms with Gasteiger partial charge in [0.25, 0.3) is 0 Å². The summed E-state index contributed by atoms with van der Waals surface area (Å²) in [5.74, 6) is -0.0170. The van der Waals surface area contributed by atoms with Crippen molar-refractivity contribution >= 4 is 45.7 Å². The minimum absolute atomic E-state index is 0. The van der Waals surface area contributed by atoms with Crippen molar-refractivity contribution in [3.8, 4) is 0 Å². The molecule has 0 atom stereocenters. The summed E-state index contributed by atoms with van der Waals surface area (Å²) in [6.07, 6.45) is 8.38. The Morgan fingerprint density at radius 2 is 0.826 bits per heavy atom. The Kier molecular flexibility index (Phi) is 25.1. The van der Waals surface area contributed by atoms with E-state index in [1.807, 2.05) is 0 Å². The van der Waals surface area contributed by atoms with E-state index in [1.54, 1.807) is 24.5 Å². The quantitative estimate of drug-likeness (QED) is 0.0744. The van der Waals surface area contributed by atoms with Gasteiger partial charge in [0.2, 0.25) is 0 Å². The average Bonchev–Trinajstić information content (AvgIpc) is 2.92. The second kappa shape index (κ2) is 23.7. The minimum atomic E-state index is -10.7. The number of aliphatic imine (C=N–C) groups is 2. The number of hydrogen-bond donors (Lipinski definition) is 0. The van der Waals surface area contributed by atoms with Gasteiger partial charge in [0.05, 0.1) is 48.3 Å². The fourth-order valence-corrected chi connectivity index (χ4v) is 7.76. The van der Waals surface area contributed by atoms with Crippen LogP contribution in [0.5, 0.6) is 0 Å². The van der Waals surface area contributed by atoms with Crippen molar-refractivity contribution in [1.82, 2.24) is 0 Å². The third kappa shape index (κ3) is 35.3. The molecule has 0 aromatic heterocycles. The zero-order valence-corrected chi connectivity index (χ0v) is 33.6. The molecule has 0 saturated heterocycles. The molecule has 0 fully saturated rings. The molecule has 265 valence electrons. The van der Waals surface area contributed by atoms with E-state index >= 15 is 0 Å². The first kappa shape index (κ1) is 48.8. The summed E-state index contributed by atoms with van der Waals surface area (Å²) in [6.45, 7) is 16.8. The summed E-state index contributed by atoms with van der Waals surface area (Å²) in [5, 5.41) is 24.6. The van der Waals surface area contributed by atoms with Gasteiger partial charge in [0.1, 0.15) is 0 Å². The molecule has 0 unspecified atom stereocenters. The molecule has 0 aliphatic carbocycles. The maximum absolute atomic E-state index is 10.7. The van der Waals surface area contributed by atoms with Gasteiger partial charge in [-0.25, -0.2) is 0 Å². The third-order valence-electron chi connectivity index (χ3n) is 5.72. The standard InChI is InChI=1S/C12H20N2O2.2C10H15P.F6P.Re/c1-9(7-11(3)15)13-5-6-14-10(2)8-12(4)16;2*1-3-11(4-2)10-8-6-5-7-9-10;1-7(2,3,4,5)6;/h7-8,15-16H,5-6H2,1-4H3;2*5-9H,3-4H2,1-2H3;;/q;;;-1;/b11-7-,12-8-,13-9?,14-10?;;;;. The predicted molar refractivity (Wildman–Crippen MR) is 188 cm³/mol.